The molecular weight excluding hydrogens is 324 g/mol. The van der Waals surface area contributed by atoms with Gasteiger partial charge in [0.05, 0.1) is 11.3 Å². The molecule has 1 aliphatic heterocycles. The molecule has 0 radical (unpaired) electrons. The van der Waals surface area contributed by atoms with E-state index in [9.17, 15) is 8.42 Å². The third-order valence-electron chi connectivity index (χ3n) is 2.67. The van der Waals surface area contributed by atoms with Crippen molar-refractivity contribution in [1.82, 2.24) is 0 Å². The van der Waals surface area contributed by atoms with E-state index in [2.05, 4.69) is 16.3 Å². The highest BCUT2D eigenvalue weighted by Gasteiger charge is 2.27. The van der Waals surface area contributed by atoms with Gasteiger partial charge in [-0.05, 0) is 54.2 Å². The second-order valence-corrected chi connectivity index (χ2v) is 9.55. The van der Waals surface area contributed by atoms with E-state index in [1.807, 2.05) is 20.1 Å². The fourth-order valence-corrected chi connectivity index (χ4v) is 8.30. The second kappa shape index (κ2) is 5.79. The highest BCUT2D eigenvalue weighted by Crippen LogP contribution is 2.52. The average Bonchev–Trinajstić information content (AvgIpc) is 2.65. The van der Waals surface area contributed by atoms with Crippen LogP contribution in [0.1, 0.15) is 16.7 Å². The molecule has 0 fully saturated rings. The molecule has 1 aliphatic rings. The minimum Gasteiger partial charge on any atom is -0.251 e. The van der Waals surface area contributed by atoms with Gasteiger partial charge in [-0.15, -0.1) is 11.8 Å². The summed E-state index contributed by atoms with van der Waals surface area (Å²) in [5.74, 6) is 0. The van der Waals surface area contributed by atoms with E-state index in [0.29, 0.717) is 0 Å². The van der Waals surface area contributed by atoms with Crippen LogP contribution in [-0.2, 0) is 18.2 Å². The summed E-state index contributed by atoms with van der Waals surface area (Å²) in [6.45, 7) is 4.08. The lowest BCUT2D eigenvalue weighted by Crippen LogP contribution is -2.03. The number of fused-ring (bicyclic) bond motifs is 1. The third-order valence-corrected chi connectivity index (χ3v) is 9.28. The number of aryl methyl sites for hydroxylation is 2. The Morgan fingerprint density at radius 3 is 2.47 bits per heavy atom. The molecule has 8 heteroatoms. The molecule has 1 atom stereocenters. The third kappa shape index (κ3) is 3.20. The van der Waals surface area contributed by atoms with Crippen molar-refractivity contribution in [3.05, 3.63) is 28.8 Å². The average molecular weight is 338 g/mol. The number of hydrogen-bond donors (Lipinski definition) is 0. The minimum absolute atomic E-state index is 0.864. The fourth-order valence-electron chi connectivity index (χ4n) is 1.55. The topological polar surface area (TPSA) is 52.6 Å². The first-order valence-electron chi connectivity index (χ1n) is 5.33. The molecule has 0 amide bonds. The first-order valence-corrected chi connectivity index (χ1v) is 10.4. The predicted molar refractivity (Wildman–Crippen MR) is 84.0 cm³/mol. The molecule has 1 aromatic carbocycles. The number of rotatable bonds is 3. The Bertz CT molecular complexity index is 649. The molecule has 0 bridgehead atoms. The van der Waals surface area contributed by atoms with Crippen LogP contribution in [0.15, 0.2) is 17.0 Å². The number of thioether (sulfide) groups is 1. The Balaban J connectivity index is 2.45. The van der Waals surface area contributed by atoms with E-state index in [1.165, 1.54) is 33.7 Å². The van der Waals surface area contributed by atoms with E-state index in [1.54, 1.807) is 0 Å². The van der Waals surface area contributed by atoms with Crippen LogP contribution in [0.5, 0.6) is 0 Å². The number of hydrogen-bond acceptors (Lipinski definition) is 6. The van der Waals surface area contributed by atoms with Crippen molar-refractivity contribution in [2.24, 2.45) is 0 Å². The normalized spacial score (nSPS) is 18.7. The van der Waals surface area contributed by atoms with E-state index < -0.39 is 20.2 Å². The SMILES string of the molecule is COS(=O)(=O)OS1=C(SC)c2cc(C)c(C)cc2S1. The fraction of sp³-hybridized carbons (Fsp3) is 0.364. The van der Waals surface area contributed by atoms with Gasteiger partial charge in [0.15, 0.2) is 0 Å². The van der Waals surface area contributed by atoms with Crippen LogP contribution >= 0.6 is 32.4 Å². The van der Waals surface area contributed by atoms with Crippen LogP contribution in [0.3, 0.4) is 0 Å². The predicted octanol–water partition coefficient (Wildman–Crippen LogP) is 3.26. The Morgan fingerprint density at radius 1 is 1.26 bits per heavy atom. The lowest BCUT2D eigenvalue weighted by molar-refractivity contribution is 0.344. The molecule has 0 saturated heterocycles. The maximum Gasteiger partial charge on any atom is 0.410 e. The van der Waals surface area contributed by atoms with Gasteiger partial charge in [-0.25, -0.2) is 0 Å². The van der Waals surface area contributed by atoms with E-state index in [0.717, 1.165) is 21.8 Å². The molecule has 19 heavy (non-hydrogen) atoms. The van der Waals surface area contributed by atoms with Crippen LogP contribution in [0, 0.1) is 13.8 Å². The van der Waals surface area contributed by atoms with Crippen molar-refractivity contribution < 1.29 is 16.2 Å². The van der Waals surface area contributed by atoms with Gasteiger partial charge in [0.25, 0.3) is 0 Å². The van der Waals surface area contributed by atoms with Crippen molar-refractivity contribution in [2.75, 3.05) is 13.4 Å². The molecule has 4 nitrogen and oxygen atoms in total. The summed E-state index contributed by atoms with van der Waals surface area (Å²) in [7, 11) is -2.27. The molecular formula is C11H14O4S4. The van der Waals surface area contributed by atoms with Crippen LogP contribution < -0.4 is 0 Å². The first kappa shape index (κ1) is 15.4. The molecule has 1 aromatic rings. The van der Waals surface area contributed by atoms with Crippen LogP contribution in [0.4, 0.5) is 0 Å². The molecule has 106 valence electrons. The van der Waals surface area contributed by atoms with Gasteiger partial charge >= 0.3 is 10.4 Å². The van der Waals surface area contributed by atoms with Gasteiger partial charge in [-0.1, -0.05) is 0 Å². The van der Waals surface area contributed by atoms with Crippen molar-refractivity contribution >= 4 is 46.9 Å². The zero-order chi connectivity index (χ0) is 14.2. The van der Waals surface area contributed by atoms with E-state index in [4.69, 9.17) is 3.63 Å². The van der Waals surface area contributed by atoms with Crippen molar-refractivity contribution in [1.29, 1.82) is 0 Å². The van der Waals surface area contributed by atoms with Gasteiger partial charge in [-0.3, -0.25) is 4.18 Å². The largest absolute Gasteiger partial charge is 0.410 e. The minimum atomic E-state index is -3.93. The Labute approximate surface area is 124 Å². The summed E-state index contributed by atoms with van der Waals surface area (Å²) in [4.78, 5) is 1.06. The smallest absolute Gasteiger partial charge is 0.251 e. The monoisotopic (exact) mass is 338 g/mol. The van der Waals surface area contributed by atoms with Crippen molar-refractivity contribution in [3.63, 3.8) is 0 Å². The molecule has 0 saturated carbocycles. The van der Waals surface area contributed by atoms with Crippen molar-refractivity contribution in [2.45, 2.75) is 18.7 Å². The van der Waals surface area contributed by atoms with Gasteiger partial charge in [-0.2, -0.15) is 12.0 Å². The summed E-state index contributed by atoms with van der Waals surface area (Å²) in [5.41, 5.74) is 3.44. The van der Waals surface area contributed by atoms with Crippen LogP contribution in [0.25, 0.3) is 0 Å². The molecule has 1 heterocycles. The molecule has 0 N–H and O–H groups in total. The second-order valence-electron chi connectivity index (χ2n) is 3.89. The Hall–Kier alpha value is 0.01000. The first-order chi connectivity index (χ1) is 8.88. The molecule has 1 unspecified atom stereocenters. The summed E-state index contributed by atoms with van der Waals surface area (Å²) >= 11 is 1.51. The summed E-state index contributed by atoms with van der Waals surface area (Å²) in [5, 5.41) is 0. The maximum atomic E-state index is 11.4. The molecule has 0 spiro atoms. The zero-order valence-electron chi connectivity index (χ0n) is 10.9. The summed E-state index contributed by atoms with van der Waals surface area (Å²) in [6, 6.07) is 4.15. The standard InChI is InChI=1S/C11H14O4S4/c1-7-5-9-10(6-8(7)2)17-18(11(9)16-4)15-19(12,13)14-3/h5-6H,1-4H3. The van der Waals surface area contributed by atoms with E-state index in [-0.39, 0.29) is 0 Å². The van der Waals surface area contributed by atoms with Gasteiger partial charge in [0.1, 0.15) is 0 Å². The van der Waals surface area contributed by atoms with Gasteiger partial charge in [0.2, 0.25) is 0 Å². The highest BCUT2D eigenvalue weighted by molar-refractivity contribution is 8.85. The van der Waals surface area contributed by atoms with Gasteiger partial charge < -0.3 is 0 Å². The summed E-state index contributed by atoms with van der Waals surface area (Å²) in [6.07, 6.45) is 1.92. The van der Waals surface area contributed by atoms with Crippen molar-refractivity contribution in [3.8, 4) is 0 Å². The Morgan fingerprint density at radius 2 is 1.89 bits per heavy atom. The van der Waals surface area contributed by atoms with Crippen LogP contribution in [0.2, 0.25) is 0 Å². The van der Waals surface area contributed by atoms with Gasteiger partial charge in [0, 0.05) is 20.3 Å². The lowest BCUT2D eigenvalue weighted by atomic mass is 10.1. The maximum absolute atomic E-state index is 11.4. The lowest BCUT2D eigenvalue weighted by Gasteiger charge is -2.06. The molecule has 0 aromatic heterocycles. The number of benzene rings is 1. The molecule has 0 aliphatic carbocycles. The Kier molecular flexibility index (Phi) is 4.69. The highest BCUT2D eigenvalue weighted by atomic mass is 33.1. The summed E-state index contributed by atoms with van der Waals surface area (Å²) < 4.78 is 33.2. The quantitative estimate of drug-likeness (QED) is 0.623. The van der Waals surface area contributed by atoms with E-state index >= 15 is 0 Å². The van der Waals surface area contributed by atoms with Crippen LogP contribution in [-0.4, -0.2) is 26.0 Å². The zero-order valence-corrected chi connectivity index (χ0v) is 14.2. The molecule has 2 rings (SSSR count).